The number of fused-ring (bicyclic) bond motifs is 1. The van der Waals surface area contributed by atoms with Crippen molar-refractivity contribution in [2.24, 2.45) is 28.1 Å². The van der Waals surface area contributed by atoms with E-state index in [4.69, 9.17) is 0 Å². The number of carbonyl (C=O) groups excluding carboxylic acids is 5. The van der Waals surface area contributed by atoms with Crippen molar-refractivity contribution in [2.45, 2.75) is 82.8 Å². The van der Waals surface area contributed by atoms with Crippen molar-refractivity contribution in [3.8, 4) is 11.8 Å². The van der Waals surface area contributed by atoms with Gasteiger partial charge >= 0.3 is 6.36 Å². The molecule has 12 rings (SSSR count). The van der Waals surface area contributed by atoms with Gasteiger partial charge in [-0.05, 0) is 97.6 Å². The van der Waals surface area contributed by atoms with Gasteiger partial charge in [0.2, 0.25) is 23.7 Å². The molecule has 3 saturated heterocycles. The van der Waals surface area contributed by atoms with Crippen LogP contribution in [0.5, 0.6) is 5.75 Å². The number of piperidine rings is 2. The summed E-state index contributed by atoms with van der Waals surface area (Å²) in [6.45, 7) is 5.58. The molecule has 4 bridgehead atoms. The Morgan fingerprint density at radius 1 is 0.943 bits per heavy atom. The summed E-state index contributed by atoms with van der Waals surface area (Å²) in [5, 5.41) is 22.2. The number of alkyl halides is 3. The van der Waals surface area contributed by atoms with Crippen LogP contribution >= 0.6 is 0 Å². The van der Waals surface area contributed by atoms with Crippen LogP contribution in [0.2, 0.25) is 0 Å². The van der Waals surface area contributed by atoms with Crippen LogP contribution in [0.25, 0.3) is 0 Å². The Bertz CT molecular complexity index is 2720. The van der Waals surface area contributed by atoms with Crippen LogP contribution in [0.15, 0.2) is 42.6 Å². The molecular weight excluding hydrogens is 915 g/mol. The number of imide groups is 2. The van der Waals surface area contributed by atoms with Crippen molar-refractivity contribution in [3.05, 3.63) is 70.7 Å². The largest absolute Gasteiger partial charge is 0.573 e. The third kappa shape index (κ3) is 8.15. The van der Waals surface area contributed by atoms with E-state index >= 15 is 4.39 Å². The molecule has 4 N–H and O–H groups in total. The van der Waals surface area contributed by atoms with Gasteiger partial charge in [0.15, 0.2) is 0 Å². The molecule has 1 aromatic heterocycles. The van der Waals surface area contributed by atoms with Gasteiger partial charge in [0, 0.05) is 76.9 Å². The quantitative estimate of drug-likeness (QED) is 0.131. The van der Waals surface area contributed by atoms with Crippen LogP contribution in [0.4, 0.5) is 35.0 Å². The summed E-state index contributed by atoms with van der Waals surface area (Å²) in [6.07, 6.45) is 3.78. The number of benzene rings is 2. The van der Waals surface area contributed by atoms with Gasteiger partial charge in [0.1, 0.15) is 35.1 Å². The first-order chi connectivity index (χ1) is 33.6. The maximum atomic E-state index is 15.5. The van der Waals surface area contributed by atoms with E-state index in [1.807, 2.05) is 9.80 Å². The monoisotopic (exact) mass is 967 g/mol. The summed E-state index contributed by atoms with van der Waals surface area (Å²) >= 11 is 0. The summed E-state index contributed by atoms with van der Waals surface area (Å²) in [6, 6.07) is 9.64. The van der Waals surface area contributed by atoms with E-state index in [-0.39, 0.29) is 87.2 Å². The number of nitrogens with zero attached hydrogens (tertiary/aromatic N) is 7. The third-order valence-corrected chi connectivity index (χ3v) is 16.8. The maximum absolute atomic E-state index is 15.5. The topological polar surface area (TPSA) is 205 Å². The second-order valence-electron chi connectivity index (χ2n) is 20.8. The summed E-state index contributed by atoms with van der Waals surface area (Å²) < 4.78 is 58.6. The highest BCUT2D eigenvalue weighted by molar-refractivity contribution is 6.23. The molecular formula is C49H53F4N11O6. The maximum Gasteiger partial charge on any atom is 0.573 e. The van der Waals surface area contributed by atoms with Gasteiger partial charge in [-0.15, -0.1) is 13.2 Å². The van der Waals surface area contributed by atoms with Crippen molar-refractivity contribution in [1.82, 2.24) is 35.3 Å². The molecule has 2 spiro atoms. The lowest BCUT2D eigenvalue weighted by molar-refractivity contribution is -0.274. The Kier molecular flexibility index (Phi) is 11.3. The van der Waals surface area contributed by atoms with Crippen molar-refractivity contribution in [3.63, 3.8) is 0 Å². The molecule has 9 aliphatic rings. The van der Waals surface area contributed by atoms with Crippen molar-refractivity contribution >= 4 is 47.0 Å². The van der Waals surface area contributed by atoms with E-state index in [9.17, 15) is 42.4 Å². The summed E-state index contributed by atoms with van der Waals surface area (Å²) in [4.78, 5) is 80.1. The number of nitriles is 1. The van der Waals surface area contributed by atoms with Gasteiger partial charge in [0.05, 0.1) is 29.6 Å². The number of hydrogen-bond donors (Lipinski definition) is 4. The first-order valence-corrected chi connectivity index (χ1v) is 24.2. The van der Waals surface area contributed by atoms with E-state index in [1.165, 1.54) is 30.5 Å². The number of likely N-dealkylation sites (tertiary alicyclic amines) is 1. The van der Waals surface area contributed by atoms with Gasteiger partial charge < -0.3 is 30.5 Å². The fourth-order valence-electron chi connectivity index (χ4n) is 13.9. The molecule has 5 saturated carbocycles. The molecule has 2 aromatic carbocycles. The highest BCUT2D eigenvalue weighted by Gasteiger charge is 2.85. The number of halogens is 4. The van der Waals surface area contributed by atoms with Crippen LogP contribution in [-0.4, -0.2) is 132 Å². The number of rotatable bonds is 14. The third-order valence-electron chi connectivity index (χ3n) is 16.8. The molecule has 5 heterocycles. The minimum atomic E-state index is -4.83. The number of aromatic nitrogens is 2. The average molecular weight is 968 g/mol. The first kappa shape index (κ1) is 46.0. The number of nitrogens with one attached hydrogen (secondary N) is 4. The summed E-state index contributed by atoms with van der Waals surface area (Å²) in [5.41, 5.74) is 1.20. The van der Waals surface area contributed by atoms with Crippen LogP contribution in [0.1, 0.15) is 89.6 Å². The second-order valence-corrected chi connectivity index (χ2v) is 20.8. The number of piperazine rings is 1. The fourth-order valence-corrected chi connectivity index (χ4v) is 13.9. The van der Waals surface area contributed by atoms with Gasteiger partial charge in [-0.3, -0.25) is 39.1 Å². The molecule has 5 aliphatic carbocycles. The Morgan fingerprint density at radius 2 is 1.70 bits per heavy atom. The van der Waals surface area contributed by atoms with Gasteiger partial charge in [-0.1, -0.05) is 18.2 Å². The molecule has 8 fully saturated rings. The molecule has 17 nitrogen and oxygen atoms in total. The van der Waals surface area contributed by atoms with Crippen LogP contribution in [-0.2, 0) is 20.9 Å². The molecule has 6 atom stereocenters. The van der Waals surface area contributed by atoms with E-state index in [0.29, 0.717) is 70.0 Å². The fraction of sp³-hybridized carbons (Fsp3) is 0.551. The van der Waals surface area contributed by atoms with E-state index in [2.05, 4.69) is 46.9 Å². The Morgan fingerprint density at radius 3 is 2.43 bits per heavy atom. The number of ether oxygens (including phenoxy) is 1. The lowest BCUT2D eigenvalue weighted by Crippen LogP contribution is -2.54. The molecule has 0 radical (unpaired) electrons. The van der Waals surface area contributed by atoms with Gasteiger partial charge in [-0.2, -0.15) is 10.2 Å². The number of hydrogen-bond acceptors (Lipinski definition) is 14. The molecule has 5 amide bonds. The van der Waals surface area contributed by atoms with Crippen molar-refractivity contribution in [2.75, 3.05) is 74.4 Å². The SMILES string of the molecule is N#Cc1cnc(NCc2ccccc2OC(F)(F)F)nc1NC[C@@]12C[C@H]3CC4(C1)C[C@]4(C2)[C@@H]3NCC(=O)N1CCC(CN2CCN(c3cc4c(cc3F)C(=O)N(C3CCC(=O)NC3=O)C4=O)CC2)CC1. The molecule has 21 heteroatoms. The zero-order valence-corrected chi connectivity index (χ0v) is 38.4. The van der Waals surface area contributed by atoms with Crippen molar-refractivity contribution in [1.29, 1.82) is 5.26 Å². The highest BCUT2D eigenvalue weighted by Crippen LogP contribution is 2.89. The van der Waals surface area contributed by atoms with Gasteiger partial charge in [-0.25, -0.2) is 9.37 Å². The lowest BCUT2D eigenvalue weighted by atomic mass is 9.62. The smallest absolute Gasteiger partial charge is 0.405 e. The summed E-state index contributed by atoms with van der Waals surface area (Å²) in [5.74, 6) is -2.00. The zero-order valence-electron chi connectivity index (χ0n) is 38.4. The van der Waals surface area contributed by atoms with E-state index < -0.39 is 41.9 Å². The average Bonchev–Trinajstić information content (AvgIpc) is 3.66. The summed E-state index contributed by atoms with van der Waals surface area (Å²) in [7, 11) is 0. The lowest BCUT2D eigenvalue weighted by Gasteiger charge is -2.47. The first-order valence-electron chi connectivity index (χ1n) is 24.2. The predicted octanol–water partition coefficient (Wildman–Crippen LogP) is 4.41. The van der Waals surface area contributed by atoms with Crippen molar-refractivity contribution < 1.29 is 46.3 Å². The molecule has 70 heavy (non-hydrogen) atoms. The van der Waals surface area contributed by atoms with Crippen LogP contribution < -0.4 is 30.9 Å². The highest BCUT2D eigenvalue weighted by atomic mass is 19.4. The van der Waals surface area contributed by atoms with Crippen LogP contribution in [0, 0.1) is 45.2 Å². The molecule has 3 aromatic rings. The predicted molar refractivity (Wildman–Crippen MR) is 242 cm³/mol. The number of amides is 5. The minimum absolute atomic E-state index is 0.000108. The molecule has 4 aliphatic heterocycles. The Balaban J connectivity index is 0.630. The van der Waals surface area contributed by atoms with Crippen LogP contribution in [0.3, 0.4) is 0 Å². The van der Waals surface area contributed by atoms with E-state index in [0.717, 1.165) is 62.5 Å². The second kappa shape index (κ2) is 17.2. The zero-order chi connectivity index (χ0) is 48.7. The number of carbonyl (C=O) groups is 5. The normalized spacial score (nSPS) is 29.2. The molecule has 368 valence electrons. The van der Waals surface area contributed by atoms with Gasteiger partial charge in [0.25, 0.3) is 11.8 Å². The number of para-hydroxylation sites is 1. The Hall–Kier alpha value is -6.40. The van der Waals surface area contributed by atoms with E-state index in [1.54, 1.807) is 6.07 Å². The standard InChI is InChI=1S/C49H53F4N11O6/c50-34-15-32-33(44(69)64(43(32)68)35-5-6-38(65)59-42(35)67)16-36(34)62-13-11-61(12-14-62)23-28-7-9-63(10-8-28)39(66)22-55-40-30-17-46(24-47(18-30)26-48(40,47)25-46)27-58-41-31(19-54)21-57-45(60-41)56-20-29-3-1-2-4-37(29)70-49(51,52)53/h1-4,15-16,21,28,30,35,40,55H,5-14,17-18,20,22-27H2,(H,59,65,67)(H2,56,57,58,60)/t30-,35?,40+,46-,47?,48+/m0/s1. The number of anilines is 3. The molecule has 2 unspecified atom stereocenters. The minimum Gasteiger partial charge on any atom is -0.405 e. The Labute approximate surface area is 400 Å².